The Bertz CT molecular complexity index is 1110. The van der Waals surface area contributed by atoms with E-state index in [1.165, 1.54) is 0 Å². The summed E-state index contributed by atoms with van der Waals surface area (Å²) in [5, 5.41) is 11.3. The van der Waals surface area contributed by atoms with Gasteiger partial charge in [0, 0.05) is 12.1 Å². The molecule has 8 nitrogen and oxygen atoms in total. The van der Waals surface area contributed by atoms with Crippen molar-refractivity contribution < 1.29 is 28.9 Å². The number of aliphatic hydroxyl groups is 1. The zero-order valence-corrected chi connectivity index (χ0v) is 22.5. The van der Waals surface area contributed by atoms with Crippen molar-refractivity contribution in [1.82, 2.24) is 9.80 Å². The summed E-state index contributed by atoms with van der Waals surface area (Å²) < 4.78 is 16.7. The maximum absolute atomic E-state index is 13.3. The summed E-state index contributed by atoms with van der Waals surface area (Å²) in [6.07, 6.45) is 0.697. The third kappa shape index (κ3) is 6.25. The van der Waals surface area contributed by atoms with Crippen molar-refractivity contribution in [2.75, 3.05) is 46.5 Å². The fourth-order valence-corrected chi connectivity index (χ4v) is 4.62. The van der Waals surface area contributed by atoms with Gasteiger partial charge in [-0.25, -0.2) is 0 Å². The van der Waals surface area contributed by atoms with Crippen LogP contribution in [0.5, 0.6) is 17.2 Å². The summed E-state index contributed by atoms with van der Waals surface area (Å²) in [5.41, 5.74) is 1.16. The molecule has 0 saturated carbocycles. The minimum absolute atomic E-state index is 0.0585. The van der Waals surface area contributed by atoms with Gasteiger partial charge in [0.05, 0.1) is 31.9 Å². The Kier molecular flexibility index (Phi) is 9.97. The fourth-order valence-electron chi connectivity index (χ4n) is 4.62. The summed E-state index contributed by atoms with van der Waals surface area (Å²) in [7, 11) is 1.54. The van der Waals surface area contributed by atoms with E-state index in [1.54, 1.807) is 48.4 Å². The van der Waals surface area contributed by atoms with E-state index in [2.05, 4.69) is 18.7 Å². The Balaban J connectivity index is 2.07. The monoisotopic (exact) mass is 510 g/mol. The Labute approximate surface area is 219 Å². The van der Waals surface area contributed by atoms with Gasteiger partial charge in [0.2, 0.25) is 0 Å². The predicted molar refractivity (Wildman–Crippen MR) is 143 cm³/mol. The number of ether oxygens (including phenoxy) is 3. The van der Waals surface area contributed by atoms with Crippen molar-refractivity contribution in [3.05, 3.63) is 59.2 Å². The van der Waals surface area contributed by atoms with Crippen molar-refractivity contribution in [2.45, 2.75) is 40.2 Å². The van der Waals surface area contributed by atoms with Crippen LogP contribution < -0.4 is 14.2 Å². The van der Waals surface area contributed by atoms with Crippen LogP contribution in [-0.4, -0.2) is 73.1 Å². The minimum atomic E-state index is -0.757. The topological polar surface area (TPSA) is 88.5 Å². The van der Waals surface area contributed by atoms with Gasteiger partial charge in [-0.1, -0.05) is 19.9 Å². The van der Waals surface area contributed by atoms with Gasteiger partial charge in [-0.3, -0.25) is 9.59 Å². The van der Waals surface area contributed by atoms with Crippen LogP contribution in [0.25, 0.3) is 5.76 Å². The summed E-state index contributed by atoms with van der Waals surface area (Å²) >= 11 is 0. The Morgan fingerprint density at radius 2 is 1.62 bits per heavy atom. The second kappa shape index (κ2) is 13.1. The molecule has 1 amide bonds. The first-order valence-electron chi connectivity index (χ1n) is 12.9. The highest BCUT2D eigenvalue weighted by atomic mass is 16.5. The van der Waals surface area contributed by atoms with Crippen LogP contribution in [0.4, 0.5) is 0 Å². The summed E-state index contributed by atoms with van der Waals surface area (Å²) in [4.78, 5) is 30.4. The van der Waals surface area contributed by atoms with E-state index in [0.717, 1.165) is 19.6 Å². The van der Waals surface area contributed by atoms with E-state index < -0.39 is 17.7 Å². The molecule has 37 heavy (non-hydrogen) atoms. The van der Waals surface area contributed by atoms with Gasteiger partial charge in [0.25, 0.3) is 11.7 Å². The molecule has 0 aliphatic carbocycles. The van der Waals surface area contributed by atoms with Crippen LogP contribution in [0.2, 0.25) is 0 Å². The largest absolute Gasteiger partial charge is 0.507 e. The van der Waals surface area contributed by atoms with E-state index in [0.29, 0.717) is 54.6 Å². The second-order valence-corrected chi connectivity index (χ2v) is 8.67. The molecule has 1 aliphatic heterocycles. The van der Waals surface area contributed by atoms with Crippen molar-refractivity contribution >= 4 is 17.4 Å². The van der Waals surface area contributed by atoms with E-state index in [4.69, 9.17) is 14.2 Å². The maximum atomic E-state index is 13.3. The second-order valence-electron chi connectivity index (χ2n) is 8.67. The van der Waals surface area contributed by atoms with Crippen molar-refractivity contribution in [3.8, 4) is 17.2 Å². The first-order valence-corrected chi connectivity index (χ1v) is 12.9. The number of amides is 1. The lowest BCUT2D eigenvalue weighted by Crippen LogP contribution is -2.33. The number of carbonyl (C=O) groups excluding carboxylic acids is 2. The van der Waals surface area contributed by atoms with Crippen LogP contribution >= 0.6 is 0 Å². The first kappa shape index (κ1) is 28.1. The molecule has 2 aromatic rings. The number of likely N-dealkylation sites (tertiary alicyclic amines) is 1. The van der Waals surface area contributed by atoms with Gasteiger partial charge in [-0.15, -0.1) is 0 Å². The Morgan fingerprint density at radius 1 is 0.946 bits per heavy atom. The molecule has 1 saturated heterocycles. The first-order chi connectivity index (χ1) is 17.9. The van der Waals surface area contributed by atoms with Crippen LogP contribution in [0, 0.1) is 0 Å². The molecule has 200 valence electrons. The number of hydrogen-bond donors (Lipinski definition) is 1. The lowest BCUT2D eigenvalue weighted by molar-refractivity contribution is -0.140. The third-order valence-electron chi connectivity index (χ3n) is 6.55. The van der Waals surface area contributed by atoms with E-state index >= 15 is 0 Å². The number of aliphatic hydroxyl groups excluding tert-OH is 1. The average Bonchev–Trinajstić information content (AvgIpc) is 3.16. The summed E-state index contributed by atoms with van der Waals surface area (Å²) in [5.74, 6) is 0.180. The lowest BCUT2D eigenvalue weighted by atomic mass is 9.95. The van der Waals surface area contributed by atoms with Gasteiger partial charge in [-0.2, -0.15) is 0 Å². The molecule has 1 aliphatic rings. The average molecular weight is 511 g/mol. The summed E-state index contributed by atoms with van der Waals surface area (Å²) in [6.45, 7) is 11.9. The van der Waals surface area contributed by atoms with Crippen LogP contribution in [0.3, 0.4) is 0 Å². The van der Waals surface area contributed by atoms with Crippen LogP contribution in [0.15, 0.2) is 48.0 Å². The highest BCUT2D eigenvalue weighted by molar-refractivity contribution is 6.46. The molecular formula is C29H38N2O6. The van der Waals surface area contributed by atoms with E-state index in [1.807, 2.05) is 19.9 Å². The van der Waals surface area contributed by atoms with Gasteiger partial charge >= 0.3 is 0 Å². The molecule has 1 atom stereocenters. The molecule has 8 heteroatoms. The number of nitrogens with zero attached hydrogens (tertiary/aromatic N) is 2. The van der Waals surface area contributed by atoms with E-state index in [9.17, 15) is 14.7 Å². The fraction of sp³-hybridized carbons (Fsp3) is 0.448. The molecule has 0 bridgehead atoms. The molecule has 0 unspecified atom stereocenters. The molecule has 1 N–H and O–H groups in total. The number of Topliss-reactive ketones (excluding diaryl/α,β-unsaturated/α-hetero) is 1. The zero-order valence-electron chi connectivity index (χ0n) is 22.5. The molecule has 2 aromatic carbocycles. The quantitative estimate of drug-likeness (QED) is 0.238. The normalized spacial score (nSPS) is 16.9. The molecule has 1 fully saturated rings. The molecular weight excluding hydrogens is 472 g/mol. The van der Waals surface area contributed by atoms with Gasteiger partial charge in [-0.05, 0) is 81.9 Å². The summed E-state index contributed by atoms with van der Waals surface area (Å²) in [6, 6.07) is 11.4. The van der Waals surface area contributed by atoms with Crippen LogP contribution in [0.1, 0.15) is 51.3 Å². The molecule has 0 radical (unpaired) electrons. The van der Waals surface area contributed by atoms with Crippen molar-refractivity contribution in [1.29, 1.82) is 0 Å². The highest BCUT2D eigenvalue weighted by Crippen LogP contribution is 2.42. The molecule has 3 rings (SSSR count). The Hall–Kier alpha value is -3.52. The van der Waals surface area contributed by atoms with Crippen molar-refractivity contribution in [2.24, 2.45) is 0 Å². The number of carbonyl (C=O) groups is 2. The highest BCUT2D eigenvalue weighted by Gasteiger charge is 2.46. The molecule has 0 spiro atoms. The lowest BCUT2D eigenvalue weighted by Gasteiger charge is -2.27. The maximum Gasteiger partial charge on any atom is 0.295 e. The van der Waals surface area contributed by atoms with Crippen LogP contribution in [-0.2, 0) is 9.59 Å². The number of ketones is 1. The zero-order chi connectivity index (χ0) is 26.9. The molecule has 0 aromatic heterocycles. The van der Waals surface area contributed by atoms with E-state index in [-0.39, 0.29) is 11.3 Å². The molecule has 1 heterocycles. The SMILES string of the molecule is CCOc1ccc(/C(O)=C2\C(=O)C(=O)N(CCCN(CC)CC)[C@@H]2c2ccc(OCC)c(OC)c2)cc1. The minimum Gasteiger partial charge on any atom is -0.507 e. The van der Waals surface area contributed by atoms with Crippen molar-refractivity contribution in [3.63, 3.8) is 0 Å². The van der Waals surface area contributed by atoms with Gasteiger partial charge in [0.1, 0.15) is 11.5 Å². The number of methoxy groups -OCH3 is 1. The number of hydrogen-bond acceptors (Lipinski definition) is 7. The standard InChI is InChI=1S/C29H38N2O6/c1-6-30(7-2)17-10-18-31-26(21-13-16-23(37-9-4)24(19-21)35-5)25(28(33)29(31)34)27(32)20-11-14-22(15-12-20)36-8-3/h11-16,19,26,32H,6-10,17-18H2,1-5H3/b27-25+/t26-/m1/s1. The smallest absolute Gasteiger partial charge is 0.295 e. The number of benzene rings is 2. The predicted octanol–water partition coefficient (Wildman–Crippen LogP) is 4.65. The van der Waals surface area contributed by atoms with Gasteiger partial charge in [0.15, 0.2) is 11.5 Å². The number of rotatable bonds is 13. The third-order valence-corrected chi connectivity index (χ3v) is 6.55. The van der Waals surface area contributed by atoms with Gasteiger partial charge < -0.3 is 29.1 Å². The Morgan fingerprint density at radius 3 is 2.22 bits per heavy atom.